The van der Waals surface area contributed by atoms with E-state index >= 15 is 0 Å². The van der Waals surface area contributed by atoms with E-state index in [1.807, 2.05) is 19.1 Å². The molecule has 0 amide bonds. The van der Waals surface area contributed by atoms with Crippen molar-refractivity contribution >= 4 is 15.4 Å². The summed E-state index contributed by atoms with van der Waals surface area (Å²) in [6, 6.07) is 13.8. The van der Waals surface area contributed by atoms with Gasteiger partial charge in [-0.2, -0.15) is 0 Å². The van der Waals surface area contributed by atoms with Gasteiger partial charge in [0.25, 0.3) is 0 Å². The Labute approximate surface area is 163 Å². The first-order chi connectivity index (χ1) is 12.5. The third-order valence-corrected chi connectivity index (χ3v) is 6.00. The average molecular weight is 389 g/mol. The molecular weight excluding hydrogens is 359 g/mol. The monoisotopic (exact) mass is 388 g/mol. The molecular formula is C23H29FO2S. The van der Waals surface area contributed by atoms with Crippen molar-refractivity contribution in [3.8, 4) is 0 Å². The lowest BCUT2D eigenvalue weighted by Gasteiger charge is -2.17. The van der Waals surface area contributed by atoms with Gasteiger partial charge in [0.2, 0.25) is 0 Å². The van der Waals surface area contributed by atoms with Crippen LogP contribution in [-0.4, -0.2) is 14.7 Å². The lowest BCUT2D eigenvalue weighted by atomic mass is 9.88. The summed E-state index contributed by atoms with van der Waals surface area (Å²) in [6.07, 6.45) is 4.40. The van der Waals surface area contributed by atoms with Crippen LogP contribution in [0.15, 0.2) is 59.0 Å². The third kappa shape index (κ3) is 6.03. The SMILES string of the molecule is CC1=C(c2ccc(S(C)(=O)=O)cc2)CC(C)(C)C1.CCc1ccc(F)cc1. The Morgan fingerprint density at radius 2 is 1.52 bits per heavy atom. The molecule has 0 atom stereocenters. The van der Waals surface area contributed by atoms with Gasteiger partial charge in [0, 0.05) is 6.26 Å². The summed E-state index contributed by atoms with van der Waals surface area (Å²) in [7, 11) is -3.10. The smallest absolute Gasteiger partial charge is 0.175 e. The number of allylic oxidation sites excluding steroid dienone is 2. The molecule has 0 heterocycles. The van der Waals surface area contributed by atoms with Gasteiger partial charge >= 0.3 is 0 Å². The highest BCUT2D eigenvalue weighted by Crippen LogP contribution is 2.45. The standard InChI is InChI=1S/C15H20O2S.C8H9F/c1-11-9-15(2,3)10-14(11)12-5-7-13(8-6-12)18(4,16)17;1-2-7-3-5-8(9)6-4-7/h5-8H,9-10H2,1-4H3;3-6H,2H2,1H3. The number of benzene rings is 2. The summed E-state index contributed by atoms with van der Waals surface area (Å²) < 4.78 is 35.1. The first-order valence-corrected chi connectivity index (χ1v) is 11.1. The van der Waals surface area contributed by atoms with Crippen molar-refractivity contribution in [3.63, 3.8) is 0 Å². The van der Waals surface area contributed by atoms with Crippen molar-refractivity contribution in [1.29, 1.82) is 0 Å². The van der Waals surface area contributed by atoms with Crippen LogP contribution in [0.3, 0.4) is 0 Å². The second-order valence-electron chi connectivity index (χ2n) is 8.05. The molecule has 0 N–H and O–H groups in total. The highest BCUT2D eigenvalue weighted by Gasteiger charge is 2.28. The quantitative estimate of drug-likeness (QED) is 0.639. The molecule has 1 aliphatic rings. The maximum atomic E-state index is 12.2. The third-order valence-electron chi connectivity index (χ3n) is 4.87. The largest absolute Gasteiger partial charge is 0.224 e. The Bertz CT molecular complexity index is 906. The number of halogens is 1. The maximum Gasteiger partial charge on any atom is 0.175 e. The first kappa shape index (κ1) is 21.4. The van der Waals surface area contributed by atoms with Crippen LogP contribution < -0.4 is 0 Å². The van der Waals surface area contributed by atoms with Gasteiger partial charge in [0.15, 0.2) is 9.84 Å². The van der Waals surface area contributed by atoms with Crippen LogP contribution in [-0.2, 0) is 16.3 Å². The molecule has 146 valence electrons. The minimum absolute atomic E-state index is 0.160. The predicted octanol–water partition coefficient (Wildman–Crippen LogP) is 6.07. The van der Waals surface area contributed by atoms with Crippen LogP contribution in [0.25, 0.3) is 5.57 Å². The molecule has 0 aromatic heterocycles. The van der Waals surface area contributed by atoms with E-state index in [1.165, 1.54) is 35.1 Å². The van der Waals surface area contributed by atoms with Crippen molar-refractivity contribution < 1.29 is 12.8 Å². The molecule has 2 nitrogen and oxygen atoms in total. The fraction of sp³-hybridized carbons (Fsp3) is 0.391. The summed E-state index contributed by atoms with van der Waals surface area (Å²) >= 11 is 0. The van der Waals surface area contributed by atoms with Crippen LogP contribution >= 0.6 is 0 Å². The molecule has 27 heavy (non-hydrogen) atoms. The van der Waals surface area contributed by atoms with E-state index in [4.69, 9.17) is 0 Å². The molecule has 0 unspecified atom stereocenters. The van der Waals surface area contributed by atoms with Crippen LogP contribution in [0.5, 0.6) is 0 Å². The lowest BCUT2D eigenvalue weighted by molar-refractivity contribution is 0.397. The predicted molar refractivity (Wildman–Crippen MR) is 111 cm³/mol. The van der Waals surface area contributed by atoms with E-state index in [-0.39, 0.29) is 5.82 Å². The normalized spacial score (nSPS) is 16.1. The second kappa shape index (κ2) is 8.39. The van der Waals surface area contributed by atoms with Gasteiger partial charge in [-0.25, -0.2) is 12.8 Å². The second-order valence-corrected chi connectivity index (χ2v) is 10.1. The van der Waals surface area contributed by atoms with Crippen molar-refractivity contribution in [2.45, 2.75) is 51.9 Å². The summed E-state index contributed by atoms with van der Waals surface area (Å²) in [5.74, 6) is -0.160. The molecule has 0 spiro atoms. The average Bonchev–Trinajstić information content (AvgIpc) is 2.88. The van der Waals surface area contributed by atoms with E-state index in [0.717, 1.165) is 24.8 Å². The van der Waals surface area contributed by atoms with E-state index in [2.05, 4.69) is 20.8 Å². The summed E-state index contributed by atoms with van der Waals surface area (Å²) in [6.45, 7) is 8.77. The molecule has 0 bridgehead atoms. The Hall–Kier alpha value is -1.94. The number of hydrogen-bond donors (Lipinski definition) is 0. The zero-order valence-electron chi connectivity index (χ0n) is 16.8. The Morgan fingerprint density at radius 3 is 1.93 bits per heavy atom. The molecule has 0 saturated carbocycles. The van der Waals surface area contributed by atoms with Crippen LogP contribution in [0.4, 0.5) is 4.39 Å². The lowest BCUT2D eigenvalue weighted by Crippen LogP contribution is -2.05. The number of rotatable bonds is 3. The molecule has 2 aromatic carbocycles. The van der Waals surface area contributed by atoms with Gasteiger partial charge < -0.3 is 0 Å². The summed E-state index contributed by atoms with van der Waals surface area (Å²) in [5.41, 5.74) is 5.46. The molecule has 0 aliphatic heterocycles. The van der Waals surface area contributed by atoms with Gasteiger partial charge in [-0.05, 0) is 72.6 Å². The molecule has 4 heteroatoms. The Balaban J connectivity index is 0.000000244. The number of sulfone groups is 1. The number of hydrogen-bond acceptors (Lipinski definition) is 2. The highest BCUT2D eigenvalue weighted by atomic mass is 32.2. The number of aryl methyl sites for hydroxylation is 1. The van der Waals surface area contributed by atoms with Crippen LogP contribution in [0, 0.1) is 11.2 Å². The van der Waals surface area contributed by atoms with E-state index < -0.39 is 9.84 Å². The van der Waals surface area contributed by atoms with Crippen LogP contribution in [0.1, 0.15) is 51.7 Å². The molecule has 0 saturated heterocycles. The van der Waals surface area contributed by atoms with Gasteiger partial charge in [-0.3, -0.25) is 0 Å². The zero-order chi connectivity index (χ0) is 20.2. The molecule has 0 fully saturated rings. The van der Waals surface area contributed by atoms with E-state index in [1.54, 1.807) is 24.3 Å². The summed E-state index contributed by atoms with van der Waals surface area (Å²) in [4.78, 5) is 0.391. The minimum atomic E-state index is -3.10. The molecule has 2 aromatic rings. The fourth-order valence-electron chi connectivity index (χ4n) is 3.49. The van der Waals surface area contributed by atoms with E-state index in [0.29, 0.717) is 10.3 Å². The minimum Gasteiger partial charge on any atom is -0.224 e. The van der Waals surface area contributed by atoms with E-state index in [9.17, 15) is 12.8 Å². The van der Waals surface area contributed by atoms with Gasteiger partial charge in [0.05, 0.1) is 4.90 Å². The van der Waals surface area contributed by atoms with Crippen molar-refractivity contribution in [1.82, 2.24) is 0 Å². The molecule has 0 radical (unpaired) electrons. The topological polar surface area (TPSA) is 34.1 Å². The Morgan fingerprint density at radius 1 is 0.963 bits per heavy atom. The molecule has 1 aliphatic carbocycles. The maximum absolute atomic E-state index is 12.2. The van der Waals surface area contributed by atoms with Gasteiger partial charge in [0.1, 0.15) is 5.82 Å². The Kier molecular flexibility index (Phi) is 6.63. The fourth-order valence-corrected chi connectivity index (χ4v) is 4.12. The highest BCUT2D eigenvalue weighted by molar-refractivity contribution is 7.90. The van der Waals surface area contributed by atoms with Crippen molar-refractivity contribution in [2.75, 3.05) is 6.26 Å². The zero-order valence-corrected chi connectivity index (χ0v) is 17.7. The van der Waals surface area contributed by atoms with Crippen molar-refractivity contribution in [2.24, 2.45) is 5.41 Å². The van der Waals surface area contributed by atoms with Gasteiger partial charge in [-0.1, -0.05) is 50.6 Å². The summed E-state index contributed by atoms with van der Waals surface area (Å²) in [5, 5.41) is 0. The molecule has 3 rings (SSSR count). The first-order valence-electron chi connectivity index (χ1n) is 9.25. The van der Waals surface area contributed by atoms with Gasteiger partial charge in [-0.15, -0.1) is 0 Å². The van der Waals surface area contributed by atoms with Crippen LogP contribution in [0.2, 0.25) is 0 Å². The van der Waals surface area contributed by atoms with Crippen molar-refractivity contribution in [3.05, 3.63) is 71.0 Å².